The van der Waals surface area contributed by atoms with Crippen LogP contribution < -0.4 is 4.90 Å². The third kappa shape index (κ3) is 4.17. The minimum absolute atomic E-state index is 0.648. The van der Waals surface area contributed by atoms with E-state index in [-0.39, 0.29) is 0 Å². The smallest absolute Gasteiger partial charge is 0.136 e. The average molecular weight is 399 g/mol. The van der Waals surface area contributed by atoms with Crippen LogP contribution in [0.2, 0.25) is 0 Å². The van der Waals surface area contributed by atoms with Gasteiger partial charge in [-0.1, -0.05) is 0 Å². The fourth-order valence-electron chi connectivity index (χ4n) is 4.12. The Hall–Kier alpha value is -3.28. The lowest BCUT2D eigenvalue weighted by molar-refractivity contribution is 0.571. The van der Waals surface area contributed by atoms with Gasteiger partial charge in [-0.25, -0.2) is 15.0 Å². The minimum Gasteiger partial charge on any atom is -0.357 e. The molecule has 4 aromatic heterocycles. The van der Waals surface area contributed by atoms with E-state index in [1.54, 1.807) is 0 Å². The first-order chi connectivity index (χ1) is 14.7. The number of aryl methyl sites for hydroxylation is 1. The lowest BCUT2D eigenvalue weighted by Gasteiger charge is -2.28. The first-order valence-electron chi connectivity index (χ1n) is 10.7. The Morgan fingerprint density at radius 2 is 1.73 bits per heavy atom. The largest absolute Gasteiger partial charge is 0.357 e. The van der Waals surface area contributed by atoms with E-state index in [4.69, 9.17) is 9.97 Å². The number of pyridine rings is 2. The van der Waals surface area contributed by atoms with Crippen LogP contribution in [0.25, 0.3) is 5.65 Å². The number of nitrogens with zero attached hydrogens (tertiary/aromatic N) is 6. The third-order valence-electron chi connectivity index (χ3n) is 5.65. The molecule has 1 fully saturated rings. The third-order valence-corrected chi connectivity index (χ3v) is 5.65. The van der Waals surface area contributed by atoms with Crippen LogP contribution in [-0.2, 0) is 12.8 Å². The van der Waals surface area contributed by atoms with Crippen LogP contribution in [0.3, 0.4) is 0 Å². The lowest BCUT2D eigenvalue weighted by Crippen LogP contribution is -2.30. The second-order valence-corrected chi connectivity index (χ2v) is 8.09. The van der Waals surface area contributed by atoms with E-state index < -0.39 is 0 Å². The van der Waals surface area contributed by atoms with Crippen molar-refractivity contribution in [3.8, 4) is 0 Å². The van der Waals surface area contributed by atoms with Crippen LogP contribution in [0.4, 0.5) is 5.82 Å². The number of piperidine rings is 1. The summed E-state index contributed by atoms with van der Waals surface area (Å²) in [6.07, 6.45) is 12.9. The van der Waals surface area contributed by atoms with Gasteiger partial charge in [-0.05, 0) is 61.6 Å². The molecule has 1 aliphatic heterocycles. The van der Waals surface area contributed by atoms with Crippen molar-refractivity contribution in [2.24, 2.45) is 0 Å². The maximum atomic E-state index is 4.92. The molecule has 5 heterocycles. The number of rotatable bonds is 5. The summed E-state index contributed by atoms with van der Waals surface area (Å²) in [6.45, 7) is 4.23. The Kier molecular flexibility index (Phi) is 5.13. The SMILES string of the molecule is Cc1ccnc(Cc2nc(Cc3ccn4ccnc4c3)cc(N3CCCCC3)n2)c1. The second kappa shape index (κ2) is 8.22. The highest BCUT2D eigenvalue weighted by molar-refractivity contribution is 5.45. The molecule has 0 aliphatic carbocycles. The van der Waals surface area contributed by atoms with E-state index in [9.17, 15) is 0 Å². The first-order valence-corrected chi connectivity index (χ1v) is 10.7. The highest BCUT2D eigenvalue weighted by Gasteiger charge is 2.15. The van der Waals surface area contributed by atoms with Crippen molar-refractivity contribution in [1.82, 2.24) is 24.3 Å². The summed E-state index contributed by atoms with van der Waals surface area (Å²) in [5.41, 5.74) is 5.43. The molecule has 4 aromatic rings. The van der Waals surface area contributed by atoms with E-state index in [1.807, 2.05) is 29.1 Å². The van der Waals surface area contributed by atoms with Gasteiger partial charge in [-0.3, -0.25) is 4.98 Å². The fourth-order valence-corrected chi connectivity index (χ4v) is 4.12. The standard InChI is InChI=1S/C24H26N6/c1-18-5-7-25-20(13-18)16-22-27-21(17-24(28-22)29-9-3-2-4-10-29)14-19-6-11-30-12-8-26-23(30)15-19/h5-8,11-13,15,17H,2-4,9-10,14,16H2,1H3. The number of aromatic nitrogens is 5. The molecule has 6 nitrogen and oxygen atoms in total. The zero-order valence-electron chi connectivity index (χ0n) is 17.3. The monoisotopic (exact) mass is 398 g/mol. The lowest BCUT2D eigenvalue weighted by atomic mass is 10.1. The molecule has 0 amide bonds. The molecule has 1 aliphatic rings. The molecule has 0 N–H and O–H groups in total. The average Bonchev–Trinajstić information content (AvgIpc) is 3.22. The van der Waals surface area contributed by atoms with Gasteiger partial charge < -0.3 is 9.30 Å². The highest BCUT2D eigenvalue weighted by atomic mass is 15.2. The summed E-state index contributed by atoms with van der Waals surface area (Å²) in [5, 5.41) is 0. The Labute approximate surface area is 176 Å². The minimum atomic E-state index is 0.648. The van der Waals surface area contributed by atoms with Crippen LogP contribution in [0.15, 0.2) is 55.1 Å². The normalized spacial score (nSPS) is 14.4. The molecule has 0 aromatic carbocycles. The molecule has 0 bridgehead atoms. The number of hydrogen-bond donors (Lipinski definition) is 0. The molecule has 0 spiro atoms. The predicted octanol–water partition coefficient (Wildman–Crippen LogP) is 4.00. The first kappa shape index (κ1) is 18.7. The Bertz CT molecular complexity index is 1160. The van der Waals surface area contributed by atoms with Gasteiger partial charge in [-0.2, -0.15) is 0 Å². The molecule has 30 heavy (non-hydrogen) atoms. The molecule has 5 rings (SSSR count). The van der Waals surface area contributed by atoms with Gasteiger partial charge in [0.05, 0.1) is 12.1 Å². The molecule has 0 unspecified atom stereocenters. The molecular formula is C24H26N6. The van der Waals surface area contributed by atoms with Crippen molar-refractivity contribution >= 4 is 11.5 Å². The Balaban J connectivity index is 1.47. The van der Waals surface area contributed by atoms with Gasteiger partial charge in [0.1, 0.15) is 17.3 Å². The van der Waals surface area contributed by atoms with Gasteiger partial charge >= 0.3 is 0 Å². The second-order valence-electron chi connectivity index (χ2n) is 8.09. The van der Waals surface area contributed by atoms with Gasteiger partial charge in [0.15, 0.2) is 0 Å². The summed E-state index contributed by atoms with van der Waals surface area (Å²) >= 11 is 0. The zero-order valence-corrected chi connectivity index (χ0v) is 17.3. The van der Waals surface area contributed by atoms with Crippen molar-refractivity contribution in [1.29, 1.82) is 0 Å². The number of fused-ring (bicyclic) bond motifs is 1. The highest BCUT2D eigenvalue weighted by Crippen LogP contribution is 2.21. The Morgan fingerprint density at radius 3 is 2.60 bits per heavy atom. The van der Waals surface area contributed by atoms with E-state index >= 15 is 0 Å². The quantitative estimate of drug-likeness (QED) is 0.509. The van der Waals surface area contributed by atoms with Crippen LogP contribution in [-0.4, -0.2) is 37.4 Å². The predicted molar refractivity (Wildman–Crippen MR) is 118 cm³/mol. The molecule has 0 saturated carbocycles. The van der Waals surface area contributed by atoms with Crippen LogP contribution in [0.1, 0.15) is 47.6 Å². The van der Waals surface area contributed by atoms with Crippen molar-refractivity contribution in [2.45, 2.75) is 39.0 Å². The number of imidazole rings is 1. The van der Waals surface area contributed by atoms with Crippen molar-refractivity contribution in [3.05, 3.63) is 83.5 Å². The zero-order chi connectivity index (χ0) is 20.3. The fraction of sp³-hybridized carbons (Fsp3) is 0.333. The van der Waals surface area contributed by atoms with Crippen molar-refractivity contribution in [2.75, 3.05) is 18.0 Å². The Morgan fingerprint density at radius 1 is 0.833 bits per heavy atom. The number of anilines is 1. The van der Waals surface area contributed by atoms with E-state index in [2.05, 4.69) is 52.3 Å². The van der Waals surface area contributed by atoms with Gasteiger partial charge in [-0.15, -0.1) is 0 Å². The maximum Gasteiger partial charge on any atom is 0.136 e. The maximum absolute atomic E-state index is 4.92. The molecule has 6 heteroatoms. The molecule has 0 radical (unpaired) electrons. The summed E-state index contributed by atoms with van der Waals surface area (Å²) in [6, 6.07) is 10.6. The van der Waals surface area contributed by atoms with Crippen LogP contribution >= 0.6 is 0 Å². The van der Waals surface area contributed by atoms with Gasteiger partial charge in [0.2, 0.25) is 0 Å². The van der Waals surface area contributed by atoms with E-state index in [0.29, 0.717) is 6.42 Å². The molecule has 152 valence electrons. The van der Waals surface area contributed by atoms with E-state index in [0.717, 1.165) is 48.2 Å². The molecule has 1 saturated heterocycles. The van der Waals surface area contributed by atoms with Gasteiger partial charge in [0.25, 0.3) is 0 Å². The topological polar surface area (TPSA) is 59.2 Å². The van der Waals surface area contributed by atoms with Crippen molar-refractivity contribution in [3.63, 3.8) is 0 Å². The number of hydrogen-bond acceptors (Lipinski definition) is 5. The summed E-state index contributed by atoms with van der Waals surface area (Å²) in [4.78, 5) is 21.2. The van der Waals surface area contributed by atoms with Gasteiger partial charge in [0, 0.05) is 56.1 Å². The van der Waals surface area contributed by atoms with Crippen LogP contribution in [0.5, 0.6) is 0 Å². The van der Waals surface area contributed by atoms with E-state index in [1.165, 1.54) is 30.4 Å². The summed E-state index contributed by atoms with van der Waals surface area (Å²) < 4.78 is 2.03. The van der Waals surface area contributed by atoms with Crippen molar-refractivity contribution < 1.29 is 0 Å². The summed E-state index contributed by atoms with van der Waals surface area (Å²) in [5.74, 6) is 1.89. The summed E-state index contributed by atoms with van der Waals surface area (Å²) in [7, 11) is 0. The molecule has 0 atom stereocenters. The van der Waals surface area contributed by atoms with Crippen LogP contribution in [0, 0.1) is 6.92 Å². The molecular weight excluding hydrogens is 372 g/mol.